The fourth-order valence-corrected chi connectivity index (χ4v) is 3.21. The van der Waals surface area contributed by atoms with E-state index >= 15 is 0 Å². The zero-order valence-electron chi connectivity index (χ0n) is 15.3. The van der Waals surface area contributed by atoms with Gasteiger partial charge in [0.15, 0.2) is 23.0 Å². The normalized spacial score (nSPS) is 16.0. The lowest BCUT2D eigenvalue weighted by molar-refractivity contribution is 0.248. The van der Waals surface area contributed by atoms with Gasteiger partial charge in [-0.25, -0.2) is 0 Å². The van der Waals surface area contributed by atoms with E-state index in [-0.39, 0.29) is 11.7 Å². The minimum absolute atomic E-state index is 0.153. The first-order valence-electron chi connectivity index (χ1n) is 8.52. The van der Waals surface area contributed by atoms with Crippen LogP contribution in [-0.4, -0.2) is 33.0 Å². The average molecular weight is 356 g/mol. The maximum Gasteiger partial charge on any atom is 0.160 e. The van der Waals surface area contributed by atoms with Gasteiger partial charge in [0.25, 0.3) is 0 Å². The van der Waals surface area contributed by atoms with E-state index in [1.54, 1.807) is 27.4 Å². The van der Waals surface area contributed by atoms with E-state index < -0.39 is 0 Å². The van der Waals surface area contributed by atoms with Crippen molar-refractivity contribution in [2.75, 3.05) is 27.9 Å². The molecule has 1 heterocycles. The van der Waals surface area contributed by atoms with Crippen molar-refractivity contribution in [2.45, 2.75) is 12.8 Å². The van der Waals surface area contributed by atoms with Crippen molar-refractivity contribution in [3.05, 3.63) is 59.4 Å². The molecule has 138 valence electrons. The lowest BCUT2D eigenvalue weighted by Gasteiger charge is -2.15. The van der Waals surface area contributed by atoms with Crippen LogP contribution in [0.25, 0.3) is 0 Å². The van der Waals surface area contributed by atoms with Crippen molar-refractivity contribution < 1.29 is 24.1 Å². The summed E-state index contributed by atoms with van der Waals surface area (Å²) in [6.45, 7) is 0.659. The first-order chi connectivity index (χ1) is 12.6. The van der Waals surface area contributed by atoms with Crippen LogP contribution in [0.3, 0.4) is 0 Å². The summed E-state index contributed by atoms with van der Waals surface area (Å²) in [5.74, 6) is 2.38. The number of phenols is 1. The second-order valence-corrected chi connectivity index (χ2v) is 6.30. The van der Waals surface area contributed by atoms with E-state index in [0.29, 0.717) is 12.4 Å². The highest BCUT2D eigenvalue weighted by Gasteiger charge is 2.22. The molecule has 0 fully saturated rings. The van der Waals surface area contributed by atoms with Crippen LogP contribution in [0.4, 0.5) is 0 Å². The molecule has 1 aliphatic heterocycles. The molecule has 1 atom stereocenters. The van der Waals surface area contributed by atoms with Crippen LogP contribution in [0.5, 0.6) is 23.0 Å². The van der Waals surface area contributed by atoms with Crippen LogP contribution in [0.15, 0.2) is 48.2 Å². The van der Waals surface area contributed by atoms with Gasteiger partial charge in [-0.2, -0.15) is 0 Å². The lowest BCUT2D eigenvalue weighted by atomic mass is 9.90. The second kappa shape index (κ2) is 8.04. The fourth-order valence-electron chi connectivity index (χ4n) is 3.21. The SMILES string of the molecule is COc1cc(CC2COC=C2Cc2ccc(OC)c(OC)c2)ccc1O. The Hall–Kier alpha value is -2.82. The maximum atomic E-state index is 9.75. The van der Waals surface area contributed by atoms with Crippen LogP contribution < -0.4 is 14.2 Å². The van der Waals surface area contributed by atoms with Crippen molar-refractivity contribution in [1.82, 2.24) is 0 Å². The molecule has 1 N–H and O–H groups in total. The summed E-state index contributed by atoms with van der Waals surface area (Å²) in [6, 6.07) is 11.4. The number of hydrogen-bond donors (Lipinski definition) is 1. The number of rotatable bonds is 7. The first-order valence-corrected chi connectivity index (χ1v) is 8.52. The summed E-state index contributed by atoms with van der Waals surface area (Å²) < 4.78 is 21.5. The van der Waals surface area contributed by atoms with Gasteiger partial charge in [-0.1, -0.05) is 12.1 Å². The van der Waals surface area contributed by atoms with E-state index in [2.05, 4.69) is 0 Å². The van der Waals surface area contributed by atoms with E-state index in [0.717, 1.165) is 35.5 Å². The Morgan fingerprint density at radius 3 is 2.35 bits per heavy atom. The molecular weight excluding hydrogens is 332 g/mol. The summed E-state index contributed by atoms with van der Waals surface area (Å²) in [4.78, 5) is 0. The van der Waals surface area contributed by atoms with E-state index in [9.17, 15) is 5.11 Å². The van der Waals surface area contributed by atoms with Crippen molar-refractivity contribution in [2.24, 2.45) is 5.92 Å². The summed E-state index contributed by atoms with van der Waals surface area (Å²) in [5, 5.41) is 9.75. The van der Waals surface area contributed by atoms with Gasteiger partial charge in [0, 0.05) is 5.92 Å². The molecular formula is C21H24O5. The third-order valence-electron chi connectivity index (χ3n) is 4.64. The minimum atomic E-state index is 0.153. The second-order valence-electron chi connectivity index (χ2n) is 6.30. The molecule has 5 heteroatoms. The smallest absolute Gasteiger partial charge is 0.160 e. The summed E-state index contributed by atoms with van der Waals surface area (Å²) in [6.07, 6.45) is 3.48. The van der Waals surface area contributed by atoms with Crippen molar-refractivity contribution in [3.63, 3.8) is 0 Å². The van der Waals surface area contributed by atoms with E-state index in [4.69, 9.17) is 18.9 Å². The molecule has 0 radical (unpaired) electrons. The van der Waals surface area contributed by atoms with Crippen LogP contribution >= 0.6 is 0 Å². The summed E-state index contributed by atoms with van der Waals surface area (Å²) in [7, 11) is 4.83. The number of aromatic hydroxyl groups is 1. The number of ether oxygens (including phenoxy) is 4. The Labute approximate surface area is 153 Å². The fraction of sp³-hybridized carbons (Fsp3) is 0.333. The Balaban J connectivity index is 1.72. The Bertz CT molecular complexity index is 797. The molecule has 5 nitrogen and oxygen atoms in total. The topological polar surface area (TPSA) is 57.2 Å². The molecule has 0 bridgehead atoms. The van der Waals surface area contributed by atoms with Crippen LogP contribution in [0, 0.1) is 5.92 Å². The Morgan fingerprint density at radius 2 is 1.62 bits per heavy atom. The number of phenolic OH excluding ortho intramolecular Hbond substituents is 1. The molecule has 0 spiro atoms. The van der Waals surface area contributed by atoms with Gasteiger partial charge in [0.05, 0.1) is 34.2 Å². The molecule has 2 aromatic rings. The Kier molecular flexibility index (Phi) is 5.56. The molecule has 1 aliphatic rings. The number of benzene rings is 2. The quantitative estimate of drug-likeness (QED) is 0.819. The predicted molar refractivity (Wildman–Crippen MR) is 99.1 cm³/mol. The highest BCUT2D eigenvalue weighted by molar-refractivity contribution is 5.45. The number of hydrogen-bond acceptors (Lipinski definition) is 5. The molecule has 0 amide bonds. The third-order valence-corrected chi connectivity index (χ3v) is 4.64. The van der Waals surface area contributed by atoms with Gasteiger partial charge < -0.3 is 24.1 Å². The van der Waals surface area contributed by atoms with Gasteiger partial charge in [0.2, 0.25) is 0 Å². The molecule has 0 saturated heterocycles. The van der Waals surface area contributed by atoms with E-state index in [1.807, 2.05) is 36.6 Å². The van der Waals surface area contributed by atoms with Gasteiger partial charge in [-0.15, -0.1) is 0 Å². The lowest BCUT2D eigenvalue weighted by Crippen LogP contribution is -2.10. The molecule has 1 unspecified atom stereocenters. The highest BCUT2D eigenvalue weighted by atomic mass is 16.5. The maximum absolute atomic E-state index is 9.75. The Morgan fingerprint density at radius 1 is 0.923 bits per heavy atom. The van der Waals surface area contributed by atoms with Gasteiger partial charge in [-0.3, -0.25) is 0 Å². The van der Waals surface area contributed by atoms with E-state index in [1.165, 1.54) is 5.57 Å². The third kappa shape index (κ3) is 3.87. The standard InChI is InChI=1S/C21H24O5/c1-23-19-7-5-15(11-21(19)25-3)9-17-13-26-12-16(17)8-14-4-6-18(22)20(10-14)24-2/h4-7,10-11,13,16,22H,8-9,12H2,1-3H3. The predicted octanol–water partition coefficient (Wildman–Crippen LogP) is 3.73. The number of methoxy groups -OCH3 is 3. The van der Waals surface area contributed by atoms with Crippen molar-refractivity contribution >= 4 is 0 Å². The average Bonchev–Trinajstić information content (AvgIpc) is 3.09. The first kappa shape index (κ1) is 18.0. The van der Waals surface area contributed by atoms with Crippen LogP contribution in [0.2, 0.25) is 0 Å². The monoisotopic (exact) mass is 356 g/mol. The van der Waals surface area contributed by atoms with Gasteiger partial charge >= 0.3 is 0 Å². The molecule has 0 aliphatic carbocycles. The van der Waals surface area contributed by atoms with Crippen molar-refractivity contribution in [1.29, 1.82) is 0 Å². The van der Waals surface area contributed by atoms with Crippen LogP contribution in [-0.2, 0) is 17.6 Å². The molecule has 0 aromatic heterocycles. The molecule has 3 rings (SSSR count). The highest BCUT2D eigenvalue weighted by Crippen LogP contribution is 2.33. The zero-order valence-corrected chi connectivity index (χ0v) is 15.3. The van der Waals surface area contributed by atoms with Gasteiger partial charge in [-0.05, 0) is 53.8 Å². The molecule has 0 saturated carbocycles. The van der Waals surface area contributed by atoms with Crippen molar-refractivity contribution in [3.8, 4) is 23.0 Å². The summed E-state index contributed by atoms with van der Waals surface area (Å²) in [5.41, 5.74) is 3.49. The zero-order chi connectivity index (χ0) is 18.5. The van der Waals surface area contributed by atoms with Crippen LogP contribution in [0.1, 0.15) is 11.1 Å². The molecule has 2 aromatic carbocycles. The van der Waals surface area contributed by atoms with Gasteiger partial charge in [0.1, 0.15) is 0 Å². The minimum Gasteiger partial charge on any atom is -0.504 e. The molecule has 26 heavy (non-hydrogen) atoms. The summed E-state index contributed by atoms with van der Waals surface area (Å²) >= 11 is 0. The largest absolute Gasteiger partial charge is 0.504 e.